The van der Waals surface area contributed by atoms with Crippen LogP contribution in [0.25, 0.3) is 0 Å². The number of ether oxygens (including phenoxy) is 1. The molecule has 0 atom stereocenters. The second-order valence-corrected chi connectivity index (χ2v) is 6.68. The van der Waals surface area contributed by atoms with Crippen molar-refractivity contribution < 1.29 is 17.9 Å². The number of thiazole rings is 1. The van der Waals surface area contributed by atoms with E-state index in [1.54, 1.807) is 11.3 Å². The first-order valence-electron chi connectivity index (χ1n) is 8.08. The highest BCUT2D eigenvalue weighted by atomic mass is 127. The smallest absolute Gasteiger partial charge is 0.387 e. The second kappa shape index (κ2) is 11.3. The zero-order chi connectivity index (χ0) is 19.1. The summed E-state index contributed by atoms with van der Waals surface area (Å²) >= 11 is 1.58. The Morgan fingerprint density at radius 3 is 2.63 bits per heavy atom. The molecule has 0 amide bonds. The van der Waals surface area contributed by atoms with E-state index in [9.17, 15) is 13.2 Å². The van der Waals surface area contributed by atoms with Crippen LogP contribution >= 0.6 is 35.3 Å². The van der Waals surface area contributed by atoms with Gasteiger partial charge in [-0.1, -0.05) is 6.07 Å². The summed E-state index contributed by atoms with van der Waals surface area (Å²) in [5.74, 6) is -0.427. The lowest BCUT2D eigenvalue weighted by Gasteiger charge is -2.12. The fraction of sp³-hybridized carbons (Fsp3) is 0.412. The third-order valence-electron chi connectivity index (χ3n) is 3.51. The molecule has 0 fully saturated rings. The number of hydrogen-bond acceptors (Lipinski definition) is 4. The van der Waals surface area contributed by atoms with Gasteiger partial charge in [-0.2, -0.15) is 8.78 Å². The van der Waals surface area contributed by atoms with Gasteiger partial charge in [0.2, 0.25) is 0 Å². The van der Waals surface area contributed by atoms with E-state index in [1.807, 2.05) is 20.8 Å². The molecule has 1 aromatic carbocycles. The SMILES string of the molecule is CCNC(=NCc1c(F)cccc1OC(F)F)NCc1nc(C)c(C)s1.I. The monoisotopic (exact) mass is 514 g/mol. The largest absolute Gasteiger partial charge is 0.434 e. The van der Waals surface area contributed by atoms with E-state index in [1.165, 1.54) is 18.2 Å². The molecule has 0 radical (unpaired) electrons. The molecule has 27 heavy (non-hydrogen) atoms. The van der Waals surface area contributed by atoms with Crippen molar-refractivity contribution in [2.75, 3.05) is 6.54 Å². The van der Waals surface area contributed by atoms with Crippen LogP contribution in [0, 0.1) is 19.7 Å². The average Bonchev–Trinajstić information content (AvgIpc) is 2.89. The normalized spacial score (nSPS) is 11.3. The topological polar surface area (TPSA) is 58.5 Å². The van der Waals surface area contributed by atoms with Crippen LogP contribution in [0.5, 0.6) is 5.75 Å². The van der Waals surface area contributed by atoms with Crippen molar-refractivity contribution in [3.63, 3.8) is 0 Å². The van der Waals surface area contributed by atoms with Gasteiger partial charge >= 0.3 is 6.61 Å². The highest BCUT2D eigenvalue weighted by molar-refractivity contribution is 14.0. The van der Waals surface area contributed by atoms with Gasteiger partial charge in [0.1, 0.15) is 16.6 Å². The summed E-state index contributed by atoms with van der Waals surface area (Å²) in [7, 11) is 0. The van der Waals surface area contributed by atoms with Crippen molar-refractivity contribution in [1.29, 1.82) is 0 Å². The van der Waals surface area contributed by atoms with Crippen molar-refractivity contribution in [2.45, 2.75) is 40.5 Å². The zero-order valence-corrected chi connectivity index (χ0v) is 18.3. The molecule has 10 heteroatoms. The zero-order valence-electron chi connectivity index (χ0n) is 15.2. The van der Waals surface area contributed by atoms with Crippen molar-refractivity contribution in [2.24, 2.45) is 4.99 Å². The number of nitrogens with zero attached hydrogens (tertiary/aromatic N) is 2. The lowest BCUT2D eigenvalue weighted by atomic mass is 10.2. The first-order valence-corrected chi connectivity index (χ1v) is 8.89. The highest BCUT2D eigenvalue weighted by Gasteiger charge is 2.14. The van der Waals surface area contributed by atoms with E-state index in [-0.39, 0.29) is 41.8 Å². The molecule has 0 saturated heterocycles. The number of aryl methyl sites for hydroxylation is 2. The molecule has 2 aromatic rings. The Hall–Kier alpha value is -1.56. The number of aliphatic imine (C=N–C) groups is 1. The third kappa shape index (κ3) is 7.17. The molecule has 150 valence electrons. The van der Waals surface area contributed by atoms with Crippen molar-refractivity contribution in [3.05, 3.63) is 45.2 Å². The molecule has 5 nitrogen and oxygen atoms in total. The number of benzene rings is 1. The highest BCUT2D eigenvalue weighted by Crippen LogP contribution is 2.24. The van der Waals surface area contributed by atoms with Crippen LogP contribution in [0.3, 0.4) is 0 Å². The van der Waals surface area contributed by atoms with Gasteiger partial charge in [0.05, 0.1) is 24.3 Å². The molecule has 1 aromatic heterocycles. The van der Waals surface area contributed by atoms with E-state index in [0.29, 0.717) is 19.0 Å². The molecule has 2 N–H and O–H groups in total. The van der Waals surface area contributed by atoms with E-state index < -0.39 is 12.4 Å². The van der Waals surface area contributed by atoms with Gasteiger partial charge in [0.25, 0.3) is 0 Å². The lowest BCUT2D eigenvalue weighted by molar-refractivity contribution is -0.0506. The second-order valence-electron chi connectivity index (χ2n) is 5.39. The van der Waals surface area contributed by atoms with Crippen LogP contribution in [-0.2, 0) is 13.1 Å². The maximum Gasteiger partial charge on any atom is 0.387 e. The maximum absolute atomic E-state index is 14.0. The van der Waals surface area contributed by atoms with Crippen LogP contribution in [-0.4, -0.2) is 24.1 Å². The van der Waals surface area contributed by atoms with Crippen molar-refractivity contribution in [3.8, 4) is 5.75 Å². The van der Waals surface area contributed by atoms with Crippen molar-refractivity contribution in [1.82, 2.24) is 15.6 Å². The summed E-state index contributed by atoms with van der Waals surface area (Å²) in [6, 6.07) is 3.79. The Labute approximate surface area is 177 Å². The summed E-state index contributed by atoms with van der Waals surface area (Å²) in [4.78, 5) is 9.84. The molecule has 0 aliphatic heterocycles. The Kier molecular flexibility index (Phi) is 9.84. The Morgan fingerprint density at radius 2 is 2.04 bits per heavy atom. The van der Waals surface area contributed by atoms with Crippen molar-refractivity contribution >= 4 is 41.3 Å². The average molecular weight is 514 g/mol. The summed E-state index contributed by atoms with van der Waals surface area (Å²) in [5, 5.41) is 7.03. The van der Waals surface area contributed by atoms with Crippen LogP contribution in [0.15, 0.2) is 23.2 Å². The summed E-state index contributed by atoms with van der Waals surface area (Å²) in [6.45, 7) is 3.73. The minimum absolute atomic E-state index is 0. The third-order valence-corrected chi connectivity index (χ3v) is 4.58. The van der Waals surface area contributed by atoms with Gasteiger partial charge in [0, 0.05) is 11.4 Å². The standard InChI is InChI=1S/C17H21F3N4OS.HI/c1-4-21-17(23-9-15-24-10(2)11(3)26-15)22-8-12-13(18)6-5-7-14(12)25-16(19)20;/h5-7,16H,4,8-9H2,1-3H3,(H2,21,22,23);1H. The number of rotatable bonds is 7. The summed E-state index contributed by atoms with van der Waals surface area (Å²) in [5.41, 5.74) is 0.958. The van der Waals surface area contributed by atoms with E-state index in [4.69, 9.17) is 0 Å². The van der Waals surface area contributed by atoms with E-state index >= 15 is 0 Å². The van der Waals surface area contributed by atoms with Crippen LogP contribution in [0.4, 0.5) is 13.2 Å². The number of hydrogen-bond donors (Lipinski definition) is 2. The van der Waals surface area contributed by atoms with Gasteiger partial charge < -0.3 is 15.4 Å². The molecule has 0 aliphatic carbocycles. The summed E-state index contributed by atoms with van der Waals surface area (Å²) < 4.78 is 43.3. The minimum Gasteiger partial charge on any atom is -0.434 e. The molecular formula is C17H22F3IN4OS. The van der Waals surface area contributed by atoms with Crippen LogP contribution < -0.4 is 15.4 Å². The van der Waals surface area contributed by atoms with E-state index in [2.05, 4.69) is 25.3 Å². The number of nitrogens with one attached hydrogen (secondary N) is 2. The fourth-order valence-electron chi connectivity index (χ4n) is 2.17. The predicted octanol–water partition coefficient (Wildman–Crippen LogP) is 4.37. The van der Waals surface area contributed by atoms with Gasteiger partial charge in [-0.25, -0.2) is 14.4 Å². The van der Waals surface area contributed by atoms with Crippen LogP contribution in [0.1, 0.15) is 28.1 Å². The minimum atomic E-state index is -3.03. The number of guanidine groups is 1. The quantitative estimate of drug-likeness (QED) is 0.328. The molecule has 0 unspecified atom stereocenters. The maximum atomic E-state index is 14.0. The Balaban J connectivity index is 0.00000364. The summed E-state index contributed by atoms with van der Waals surface area (Å²) in [6.07, 6.45) is 0. The number of aromatic nitrogens is 1. The van der Waals surface area contributed by atoms with Gasteiger partial charge in [0.15, 0.2) is 5.96 Å². The molecule has 0 aliphatic rings. The Bertz CT molecular complexity index is 751. The van der Waals surface area contributed by atoms with Gasteiger partial charge in [-0.3, -0.25) is 0 Å². The lowest BCUT2D eigenvalue weighted by Crippen LogP contribution is -2.36. The molecule has 1 heterocycles. The van der Waals surface area contributed by atoms with Crippen LogP contribution in [0.2, 0.25) is 0 Å². The molecular weight excluding hydrogens is 492 g/mol. The Morgan fingerprint density at radius 1 is 1.30 bits per heavy atom. The number of halogens is 4. The molecule has 2 rings (SSSR count). The fourth-order valence-corrected chi connectivity index (χ4v) is 3.05. The number of alkyl halides is 2. The van der Waals surface area contributed by atoms with Gasteiger partial charge in [-0.15, -0.1) is 35.3 Å². The molecule has 0 bridgehead atoms. The first-order chi connectivity index (χ1) is 12.4. The molecule has 0 spiro atoms. The first kappa shape index (κ1) is 23.5. The molecule has 0 saturated carbocycles. The van der Waals surface area contributed by atoms with Gasteiger partial charge in [-0.05, 0) is 32.9 Å². The predicted molar refractivity (Wildman–Crippen MR) is 112 cm³/mol. The van der Waals surface area contributed by atoms with E-state index in [0.717, 1.165) is 15.6 Å².